The van der Waals surface area contributed by atoms with Gasteiger partial charge in [-0.25, -0.2) is 4.79 Å². The highest BCUT2D eigenvalue weighted by Crippen LogP contribution is 2.36. The summed E-state index contributed by atoms with van der Waals surface area (Å²) in [6, 6.07) is -1.10. The molecule has 0 saturated carbocycles. The first-order valence-electron chi connectivity index (χ1n) is 27.9. The standard InChI is InChI=1S/C55H83N9O16S/c1-8-30(2)47-51(75)59-25-45(71)60-38-29-81(78)53-37(36-16-15-35(79-7)24-39(36)63(53)18-14-12-10-9-11-13-17-57-54(77)80-55(4,5)6)19-32(49(73)58-26-46(72)61-47)20-42(68)48(31(3)43(69)28-65)62-50(74)40-23-34(66)27-64(40)52(76)33(21-41(38)67)22-44(56)70/h15-16,24,30-34,38,40,43,47-48,65-66,69H,8-14,17-23,25-29H2,1-7H3,(H2,56,70)(H,57,77)(H,58,73)(H,59,75)(H,60,71)(H,61,72)(H,62,74)/t30-,31-,32?,33-,34?,38?,40-,43-,47-,48-,81+/m0/s1. The fraction of sp³-hybridized carbons (Fsp3) is 0.673. The number of carbonyl (C=O) groups excluding carboxylic acids is 10. The molecule has 25 nitrogen and oxygen atoms in total. The molecule has 450 valence electrons. The Labute approximate surface area is 474 Å². The zero-order valence-electron chi connectivity index (χ0n) is 47.5. The number of aromatic nitrogens is 1. The molecule has 2 bridgehead atoms. The van der Waals surface area contributed by atoms with E-state index < -0.39 is 187 Å². The van der Waals surface area contributed by atoms with Crippen molar-refractivity contribution in [3.63, 3.8) is 0 Å². The molecule has 3 aliphatic heterocycles. The molecule has 1 aromatic carbocycles. The molecule has 5 rings (SSSR count). The number of hydrogen-bond donors (Lipinski definition) is 10. The van der Waals surface area contributed by atoms with Crippen molar-refractivity contribution in [3.8, 4) is 5.75 Å². The number of hydrogen-bond acceptors (Lipinski definition) is 16. The van der Waals surface area contributed by atoms with Crippen LogP contribution >= 0.6 is 0 Å². The number of Topliss-reactive ketones (excluding diaryl/α,β-unsaturated/α-hetero) is 2. The molecule has 1 aromatic heterocycles. The van der Waals surface area contributed by atoms with Crippen molar-refractivity contribution in [2.24, 2.45) is 29.4 Å². The second kappa shape index (κ2) is 30.0. The predicted octanol–water partition coefficient (Wildman–Crippen LogP) is -0.0973. The van der Waals surface area contributed by atoms with Gasteiger partial charge in [-0.3, -0.25) is 47.4 Å². The van der Waals surface area contributed by atoms with Gasteiger partial charge in [0.05, 0.1) is 79.1 Å². The van der Waals surface area contributed by atoms with Gasteiger partial charge < -0.3 is 71.9 Å². The summed E-state index contributed by atoms with van der Waals surface area (Å²) in [5.74, 6) is -13.2. The number of methoxy groups -OCH3 is 1. The van der Waals surface area contributed by atoms with Crippen LogP contribution in [-0.4, -0.2) is 176 Å². The normalized spacial score (nSPS) is 25.3. The van der Waals surface area contributed by atoms with E-state index >= 15 is 4.21 Å². The number of nitrogens with one attached hydrogen (secondary N) is 6. The van der Waals surface area contributed by atoms with E-state index in [0.717, 1.165) is 24.2 Å². The van der Waals surface area contributed by atoms with Crippen molar-refractivity contribution in [3.05, 3.63) is 23.8 Å². The first-order valence-corrected chi connectivity index (χ1v) is 29.2. The number of nitrogens with two attached hydrogens (primary N) is 1. The molecule has 1 fully saturated rings. The van der Waals surface area contributed by atoms with Crippen LogP contribution < -0.4 is 42.4 Å². The van der Waals surface area contributed by atoms with E-state index in [0.29, 0.717) is 48.9 Å². The fourth-order valence-electron chi connectivity index (χ4n) is 10.4. The predicted molar refractivity (Wildman–Crippen MR) is 295 cm³/mol. The number of carbonyl (C=O) groups is 10. The second-order valence-corrected chi connectivity index (χ2v) is 23.9. The number of fused-ring (bicyclic) bond motifs is 5. The molecule has 0 aliphatic carbocycles. The molecule has 11 N–H and O–H groups in total. The summed E-state index contributed by atoms with van der Waals surface area (Å²) >= 11 is 0. The molecule has 1 saturated heterocycles. The lowest BCUT2D eigenvalue weighted by Gasteiger charge is -2.32. The number of benzene rings is 1. The topological polar surface area (TPSA) is 373 Å². The summed E-state index contributed by atoms with van der Waals surface area (Å²) in [6.07, 6.45) is -1.84. The number of unbranched alkanes of at least 4 members (excludes halogenated alkanes) is 5. The van der Waals surface area contributed by atoms with Crippen LogP contribution in [-0.2, 0) is 71.7 Å². The third kappa shape index (κ3) is 18.2. The summed E-state index contributed by atoms with van der Waals surface area (Å²) in [7, 11) is -0.885. The number of aliphatic hydroxyl groups excluding tert-OH is 3. The number of rotatable bonds is 17. The quantitative estimate of drug-likeness (QED) is 0.0925. The van der Waals surface area contributed by atoms with Gasteiger partial charge in [0.15, 0.2) is 11.6 Å². The third-order valence-electron chi connectivity index (χ3n) is 15.1. The summed E-state index contributed by atoms with van der Waals surface area (Å²) in [5.41, 5.74) is 5.77. The van der Waals surface area contributed by atoms with Crippen LogP contribution in [0.15, 0.2) is 23.2 Å². The van der Waals surface area contributed by atoms with Gasteiger partial charge in [0.2, 0.25) is 41.4 Å². The summed E-state index contributed by atoms with van der Waals surface area (Å²) < 4.78 is 28.4. The molecule has 3 aliphatic rings. The Hall–Kier alpha value is -6.51. The number of aliphatic hydroxyl groups is 3. The molecular formula is C55H83N9O16S. The van der Waals surface area contributed by atoms with Crippen LogP contribution in [0.3, 0.4) is 0 Å². The summed E-state index contributed by atoms with van der Waals surface area (Å²) in [6.45, 7) is 8.00. The minimum atomic E-state index is -2.34. The maximum Gasteiger partial charge on any atom is 0.407 e. The van der Waals surface area contributed by atoms with Gasteiger partial charge in [-0.15, -0.1) is 0 Å². The van der Waals surface area contributed by atoms with E-state index in [1.165, 1.54) is 14.0 Å². The third-order valence-corrected chi connectivity index (χ3v) is 16.6. The number of primary amides is 1. The molecule has 11 atom stereocenters. The average Bonchev–Trinajstić information content (AvgIpc) is 4.22. The molecule has 0 radical (unpaired) electrons. The highest BCUT2D eigenvalue weighted by molar-refractivity contribution is 7.85. The van der Waals surface area contributed by atoms with E-state index in [9.17, 15) is 63.3 Å². The summed E-state index contributed by atoms with van der Waals surface area (Å²) in [4.78, 5) is 141. The lowest BCUT2D eigenvalue weighted by molar-refractivity contribution is -0.145. The van der Waals surface area contributed by atoms with Gasteiger partial charge in [-0.2, -0.15) is 0 Å². The summed E-state index contributed by atoms with van der Waals surface area (Å²) in [5, 5.41) is 48.2. The number of ketones is 2. The Morgan fingerprint density at radius 3 is 2.16 bits per heavy atom. The lowest BCUT2D eigenvalue weighted by Crippen LogP contribution is -2.56. The largest absolute Gasteiger partial charge is 0.497 e. The SMILES string of the molecule is CC[C@H](C)[C@@H]1NC(=O)CNC(=O)C2CC(=O)[C@H]([C@@H](C)[C@@H](O)CO)NC(=O)[C@@H]3CC(O)CN3C(=O)[C@H](CC(N)=O)CC(=O)C(C[S@@](=O)c3c(c4ccc(OC)cc4n3CCCCCCCCNC(=O)OC(C)(C)C)C2)NC(=O)CNC1=O. The molecule has 0 spiro atoms. The van der Waals surface area contributed by atoms with Crippen molar-refractivity contribution in [2.45, 2.75) is 172 Å². The first kappa shape index (κ1) is 65.3. The Balaban J connectivity index is 1.70. The van der Waals surface area contributed by atoms with Crippen LogP contribution in [0.25, 0.3) is 10.9 Å². The van der Waals surface area contributed by atoms with Crippen LogP contribution in [0, 0.1) is 23.7 Å². The molecule has 8 amide bonds. The molecule has 2 aromatic rings. The van der Waals surface area contributed by atoms with Crippen LogP contribution in [0.4, 0.5) is 4.79 Å². The Morgan fingerprint density at radius 1 is 0.864 bits per heavy atom. The highest BCUT2D eigenvalue weighted by atomic mass is 32.2. The highest BCUT2D eigenvalue weighted by Gasteiger charge is 2.45. The van der Waals surface area contributed by atoms with Crippen molar-refractivity contribution in [1.82, 2.24) is 41.4 Å². The van der Waals surface area contributed by atoms with Crippen LogP contribution in [0.2, 0.25) is 0 Å². The molecule has 3 unspecified atom stereocenters. The minimum absolute atomic E-state index is 0.0843. The zero-order chi connectivity index (χ0) is 59.9. The Kier molecular flexibility index (Phi) is 24.2. The van der Waals surface area contributed by atoms with Gasteiger partial charge in [0.1, 0.15) is 28.5 Å². The zero-order valence-corrected chi connectivity index (χ0v) is 48.3. The number of aryl methyl sites for hydroxylation is 1. The molecular weight excluding hydrogens is 1070 g/mol. The van der Waals surface area contributed by atoms with E-state index in [2.05, 4.69) is 31.9 Å². The van der Waals surface area contributed by atoms with Crippen LogP contribution in [0.5, 0.6) is 5.75 Å². The van der Waals surface area contributed by atoms with Gasteiger partial charge in [0, 0.05) is 68.6 Å². The van der Waals surface area contributed by atoms with Gasteiger partial charge in [-0.05, 0) is 63.6 Å². The fourth-order valence-corrected chi connectivity index (χ4v) is 12.1. The number of alkyl carbamates (subject to hydrolysis) is 1. The van der Waals surface area contributed by atoms with E-state index in [-0.39, 0.29) is 30.0 Å². The molecule has 4 heterocycles. The lowest BCUT2D eigenvalue weighted by atomic mass is 9.85. The number of amides is 8. The monoisotopic (exact) mass is 1160 g/mol. The van der Waals surface area contributed by atoms with E-state index in [1.807, 2.05) is 0 Å². The maximum atomic E-state index is 15.7. The van der Waals surface area contributed by atoms with Gasteiger partial charge >= 0.3 is 6.09 Å². The average molecular weight is 1160 g/mol. The van der Waals surface area contributed by atoms with Crippen molar-refractivity contribution in [1.29, 1.82) is 0 Å². The van der Waals surface area contributed by atoms with Crippen molar-refractivity contribution < 1.29 is 76.9 Å². The van der Waals surface area contributed by atoms with Crippen molar-refractivity contribution >= 4 is 80.7 Å². The minimum Gasteiger partial charge on any atom is -0.497 e. The Morgan fingerprint density at radius 2 is 1.52 bits per heavy atom. The first-order chi connectivity index (χ1) is 38.3. The second-order valence-electron chi connectivity index (χ2n) is 22.5. The van der Waals surface area contributed by atoms with Crippen LogP contribution in [0.1, 0.15) is 118 Å². The number of ether oxygens (including phenoxy) is 2. The van der Waals surface area contributed by atoms with Gasteiger partial charge in [0.25, 0.3) is 0 Å². The number of nitrogens with zero attached hydrogens (tertiary/aromatic N) is 2. The van der Waals surface area contributed by atoms with E-state index in [1.54, 1.807) is 57.4 Å². The Bertz CT molecular complexity index is 2660. The van der Waals surface area contributed by atoms with E-state index in [4.69, 9.17) is 15.2 Å². The van der Waals surface area contributed by atoms with Gasteiger partial charge in [-0.1, -0.05) is 52.9 Å². The molecule has 26 heteroatoms. The van der Waals surface area contributed by atoms with Crippen molar-refractivity contribution in [2.75, 3.05) is 45.6 Å². The smallest absolute Gasteiger partial charge is 0.407 e. The molecule has 81 heavy (non-hydrogen) atoms. The maximum absolute atomic E-state index is 15.7.